The van der Waals surface area contributed by atoms with Crippen molar-refractivity contribution in [2.75, 3.05) is 19.8 Å². The maximum absolute atomic E-state index is 13.3. The number of rotatable bonds is 4. The zero-order valence-corrected chi connectivity index (χ0v) is 16.3. The number of nitrogens with zero attached hydrogens (tertiary/aromatic N) is 5. The molecule has 0 radical (unpaired) electrons. The summed E-state index contributed by atoms with van der Waals surface area (Å²) in [4.78, 5) is 31.6. The van der Waals surface area contributed by atoms with Gasteiger partial charge in [0.1, 0.15) is 19.5 Å². The van der Waals surface area contributed by atoms with Gasteiger partial charge in [-0.2, -0.15) is 5.10 Å². The van der Waals surface area contributed by atoms with Crippen molar-refractivity contribution in [2.24, 2.45) is 0 Å². The summed E-state index contributed by atoms with van der Waals surface area (Å²) in [7, 11) is 0. The average Bonchev–Trinajstić information content (AvgIpc) is 3.47. The third-order valence-electron chi connectivity index (χ3n) is 5.44. The predicted molar refractivity (Wildman–Crippen MR) is 107 cm³/mol. The molecular formula is C21H21N5O4. The normalized spacial score (nSPS) is 17.9. The van der Waals surface area contributed by atoms with E-state index in [9.17, 15) is 9.59 Å². The summed E-state index contributed by atoms with van der Waals surface area (Å²) in [5.74, 6) is 1.58. The van der Waals surface area contributed by atoms with Gasteiger partial charge in [-0.25, -0.2) is 9.67 Å². The highest BCUT2D eigenvalue weighted by Crippen LogP contribution is 2.35. The van der Waals surface area contributed by atoms with Crippen LogP contribution in [0.25, 0.3) is 5.82 Å². The van der Waals surface area contributed by atoms with E-state index in [0.29, 0.717) is 49.2 Å². The van der Waals surface area contributed by atoms with Gasteiger partial charge < -0.3 is 14.4 Å². The topological polar surface area (TPSA) is 91.5 Å². The van der Waals surface area contributed by atoms with Crippen LogP contribution in [0.5, 0.6) is 11.5 Å². The van der Waals surface area contributed by atoms with E-state index >= 15 is 0 Å². The Morgan fingerprint density at radius 1 is 1.17 bits per heavy atom. The number of hydrogen-bond donors (Lipinski definition) is 0. The molecule has 154 valence electrons. The van der Waals surface area contributed by atoms with E-state index in [1.807, 2.05) is 4.90 Å². The average molecular weight is 407 g/mol. The second kappa shape index (κ2) is 7.66. The molecule has 9 nitrogen and oxygen atoms in total. The molecule has 1 aromatic carbocycles. The van der Waals surface area contributed by atoms with Crippen LogP contribution in [-0.2, 0) is 6.54 Å². The van der Waals surface area contributed by atoms with Crippen molar-refractivity contribution in [2.45, 2.75) is 25.4 Å². The fourth-order valence-electron chi connectivity index (χ4n) is 3.99. The van der Waals surface area contributed by atoms with E-state index in [0.717, 1.165) is 12.8 Å². The highest BCUT2D eigenvalue weighted by atomic mass is 16.6. The molecule has 2 aromatic heterocycles. The molecule has 5 rings (SSSR count). The van der Waals surface area contributed by atoms with E-state index in [1.165, 1.54) is 10.7 Å². The molecule has 3 aromatic rings. The predicted octanol–water partition coefficient (Wildman–Crippen LogP) is 1.50. The Balaban J connectivity index is 1.41. The second-order valence-corrected chi connectivity index (χ2v) is 7.31. The van der Waals surface area contributed by atoms with Gasteiger partial charge in [0, 0.05) is 25.0 Å². The van der Waals surface area contributed by atoms with Gasteiger partial charge in [-0.3, -0.25) is 14.2 Å². The summed E-state index contributed by atoms with van der Waals surface area (Å²) >= 11 is 0. The largest absolute Gasteiger partial charge is 0.486 e. The van der Waals surface area contributed by atoms with Gasteiger partial charge in [-0.15, -0.1) is 0 Å². The summed E-state index contributed by atoms with van der Waals surface area (Å²) in [6, 6.07) is 8.38. The molecule has 9 heteroatoms. The molecule has 0 spiro atoms. The lowest BCUT2D eigenvalue weighted by atomic mass is 10.1. The Kier molecular flexibility index (Phi) is 4.70. The number of ether oxygens (including phenoxy) is 2. The molecule has 2 aliphatic heterocycles. The number of carbonyl (C=O) groups is 1. The zero-order chi connectivity index (χ0) is 20.5. The molecule has 1 atom stereocenters. The molecule has 30 heavy (non-hydrogen) atoms. The molecule has 1 unspecified atom stereocenters. The highest BCUT2D eigenvalue weighted by molar-refractivity contribution is 5.98. The van der Waals surface area contributed by atoms with Crippen LogP contribution in [0.2, 0.25) is 0 Å². The Morgan fingerprint density at radius 3 is 2.93 bits per heavy atom. The number of para-hydroxylation sites is 1. The minimum Gasteiger partial charge on any atom is -0.486 e. The van der Waals surface area contributed by atoms with Gasteiger partial charge in [-0.05, 0) is 31.0 Å². The Bertz CT molecular complexity index is 1120. The molecule has 2 aliphatic rings. The number of carbonyl (C=O) groups excluding carboxylic acids is 1. The molecule has 0 aliphatic carbocycles. The standard InChI is InChI=1S/C21H21N5O4/c27-19-7-6-18(24-10-8-22-14-24)23-26(19)13-15-3-2-9-25(15)21(28)16-4-1-5-17-20(16)30-12-11-29-17/h1,4-8,10,14-15H,2-3,9,11-13H2. The first-order chi connectivity index (χ1) is 14.7. The van der Waals surface area contributed by atoms with Gasteiger partial charge in [0.15, 0.2) is 17.3 Å². The van der Waals surface area contributed by atoms with Gasteiger partial charge >= 0.3 is 0 Å². The van der Waals surface area contributed by atoms with Crippen molar-refractivity contribution >= 4 is 5.91 Å². The van der Waals surface area contributed by atoms with Crippen LogP contribution in [0.1, 0.15) is 23.2 Å². The van der Waals surface area contributed by atoms with Crippen LogP contribution in [0.15, 0.2) is 53.8 Å². The smallest absolute Gasteiger partial charge is 0.266 e. The van der Waals surface area contributed by atoms with Crippen LogP contribution in [0.4, 0.5) is 0 Å². The van der Waals surface area contributed by atoms with Crippen molar-refractivity contribution in [3.63, 3.8) is 0 Å². The minimum atomic E-state index is -0.202. The Hall–Kier alpha value is -3.62. The highest BCUT2D eigenvalue weighted by Gasteiger charge is 2.33. The van der Waals surface area contributed by atoms with Crippen molar-refractivity contribution < 1.29 is 14.3 Å². The van der Waals surface area contributed by atoms with Crippen molar-refractivity contribution in [1.29, 1.82) is 0 Å². The third-order valence-corrected chi connectivity index (χ3v) is 5.44. The summed E-state index contributed by atoms with van der Waals surface area (Å²) < 4.78 is 14.5. The number of amides is 1. The van der Waals surface area contributed by atoms with Gasteiger partial charge in [0.05, 0.1) is 18.2 Å². The number of aromatic nitrogens is 4. The number of benzene rings is 1. The second-order valence-electron chi connectivity index (χ2n) is 7.31. The first-order valence-corrected chi connectivity index (χ1v) is 9.97. The van der Waals surface area contributed by atoms with E-state index in [4.69, 9.17) is 9.47 Å². The first-order valence-electron chi connectivity index (χ1n) is 9.97. The molecule has 1 fully saturated rings. The number of imidazole rings is 1. The van der Waals surface area contributed by atoms with E-state index in [1.54, 1.807) is 47.6 Å². The van der Waals surface area contributed by atoms with E-state index < -0.39 is 0 Å². The fourth-order valence-corrected chi connectivity index (χ4v) is 3.99. The summed E-state index contributed by atoms with van der Waals surface area (Å²) in [6.07, 6.45) is 6.73. The van der Waals surface area contributed by atoms with Gasteiger partial charge in [-0.1, -0.05) is 6.07 Å². The summed E-state index contributed by atoms with van der Waals surface area (Å²) in [5.41, 5.74) is 0.290. The van der Waals surface area contributed by atoms with Crippen molar-refractivity contribution in [3.8, 4) is 17.3 Å². The van der Waals surface area contributed by atoms with Gasteiger partial charge in [0.2, 0.25) is 0 Å². The Morgan fingerprint density at radius 2 is 2.07 bits per heavy atom. The molecule has 0 saturated carbocycles. The lowest BCUT2D eigenvalue weighted by Gasteiger charge is -2.27. The molecule has 1 amide bonds. The van der Waals surface area contributed by atoms with E-state index in [-0.39, 0.29) is 17.5 Å². The monoisotopic (exact) mass is 407 g/mol. The molecular weight excluding hydrogens is 386 g/mol. The first kappa shape index (κ1) is 18.4. The lowest BCUT2D eigenvalue weighted by Crippen LogP contribution is -2.41. The third kappa shape index (κ3) is 3.32. The van der Waals surface area contributed by atoms with Crippen LogP contribution in [-0.4, -0.2) is 55.9 Å². The van der Waals surface area contributed by atoms with Crippen LogP contribution in [0, 0.1) is 0 Å². The fraction of sp³-hybridized carbons (Fsp3) is 0.333. The minimum absolute atomic E-state index is 0.112. The van der Waals surface area contributed by atoms with Crippen molar-refractivity contribution in [3.05, 3.63) is 65.0 Å². The SMILES string of the molecule is O=C(c1cccc2c1OCCO2)N1CCCC1Cn1nc(-n2ccnc2)ccc1=O. The maximum atomic E-state index is 13.3. The zero-order valence-electron chi connectivity index (χ0n) is 16.3. The quantitative estimate of drug-likeness (QED) is 0.651. The summed E-state index contributed by atoms with van der Waals surface area (Å²) in [5, 5.41) is 4.46. The number of likely N-dealkylation sites (tertiary alicyclic amines) is 1. The molecule has 0 N–H and O–H groups in total. The summed E-state index contributed by atoms with van der Waals surface area (Å²) in [6.45, 7) is 1.85. The Labute approximate surface area is 172 Å². The van der Waals surface area contributed by atoms with E-state index in [2.05, 4.69) is 10.1 Å². The van der Waals surface area contributed by atoms with Crippen molar-refractivity contribution in [1.82, 2.24) is 24.2 Å². The van der Waals surface area contributed by atoms with Crippen LogP contribution < -0.4 is 15.0 Å². The number of hydrogen-bond acceptors (Lipinski definition) is 6. The van der Waals surface area contributed by atoms with Crippen LogP contribution >= 0.6 is 0 Å². The number of fused-ring (bicyclic) bond motifs is 1. The molecule has 4 heterocycles. The maximum Gasteiger partial charge on any atom is 0.266 e. The lowest BCUT2D eigenvalue weighted by molar-refractivity contribution is 0.0710. The van der Waals surface area contributed by atoms with Gasteiger partial charge in [0.25, 0.3) is 11.5 Å². The molecule has 1 saturated heterocycles. The molecule has 0 bridgehead atoms. The van der Waals surface area contributed by atoms with Crippen LogP contribution in [0.3, 0.4) is 0 Å².